The molecule has 0 saturated heterocycles. The Bertz CT molecular complexity index is 513. The first kappa shape index (κ1) is 11.3. The maximum Gasteiger partial charge on any atom is 0.256 e. The lowest BCUT2D eigenvalue weighted by molar-refractivity contribution is 0.102. The molecule has 1 aromatic heterocycles. The van der Waals surface area contributed by atoms with Crippen LogP contribution < -0.4 is 5.32 Å². The van der Waals surface area contributed by atoms with Gasteiger partial charge in [-0.15, -0.1) is 0 Å². The molecule has 1 N–H and O–H groups in total. The van der Waals surface area contributed by atoms with Crippen molar-refractivity contribution in [3.05, 3.63) is 50.9 Å². The van der Waals surface area contributed by atoms with Gasteiger partial charge < -0.3 is 5.32 Å². The number of nitrogens with one attached hydrogen (secondary N) is 1. The Morgan fingerprint density at radius 3 is 2.81 bits per heavy atom. The summed E-state index contributed by atoms with van der Waals surface area (Å²) in [5, 5.41) is 6.28. The molecule has 0 fully saturated rings. The Balaban J connectivity index is 2.18. The third-order valence-electron chi connectivity index (χ3n) is 1.96. The molecule has 0 atom stereocenters. The number of anilines is 1. The molecule has 0 radical (unpaired) electrons. The Hall–Kier alpha value is -1.20. The van der Waals surface area contributed by atoms with Gasteiger partial charge in [0.25, 0.3) is 5.91 Å². The molecular formula is C11H7BrFNOS. The van der Waals surface area contributed by atoms with Crippen LogP contribution >= 0.6 is 27.3 Å². The van der Waals surface area contributed by atoms with Crippen molar-refractivity contribution in [3.8, 4) is 0 Å². The molecule has 0 saturated carbocycles. The van der Waals surface area contributed by atoms with Crippen molar-refractivity contribution < 1.29 is 9.18 Å². The smallest absolute Gasteiger partial charge is 0.256 e. The number of hydrogen-bond donors (Lipinski definition) is 1. The first-order valence-corrected chi connectivity index (χ1v) is 6.19. The Labute approximate surface area is 104 Å². The summed E-state index contributed by atoms with van der Waals surface area (Å²) < 4.78 is 13.3. The first-order chi connectivity index (χ1) is 7.66. The second kappa shape index (κ2) is 4.76. The summed E-state index contributed by atoms with van der Waals surface area (Å²) in [4.78, 5) is 11.7. The molecule has 2 aromatic rings. The van der Waals surface area contributed by atoms with Crippen LogP contribution in [0.25, 0.3) is 0 Å². The van der Waals surface area contributed by atoms with Crippen LogP contribution in [0.5, 0.6) is 0 Å². The van der Waals surface area contributed by atoms with Crippen molar-refractivity contribution in [1.29, 1.82) is 0 Å². The fraction of sp³-hybridized carbons (Fsp3) is 0. The molecule has 0 aliphatic rings. The van der Waals surface area contributed by atoms with E-state index in [0.717, 1.165) is 0 Å². The maximum absolute atomic E-state index is 12.8. The first-order valence-electron chi connectivity index (χ1n) is 4.45. The van der Waals surface area contributed by atoms with E-state index in [9.17, 15) is 9.18 Å². The average Bonchev–Trinajstić information content (AvgIpc) is 2.75. The van der Waals surface area contributed by atoms with Gasteiger partial charge in [-0.2, -0.15) is 11.3 Å². The summed E-state index contributed by atoms with van der Waals surface area (Å²) >= 11 is 4.64. The van der Waals surface area contributed by atoms with Crippen LogP contribution in [0.3, 0.4) is 0 Å². The second-order valence-electron chi connectivity index (χ2n) is 3.09. The van der Waals surface area contributed by atoms with Crippen molar-refractivity contribution >= 4 is 38.9 Å². The lowest BCUT2D eigenvalue weighted by Crippen LogP contribution is -2.11. The van der Waals surface area contributed by atoms with Gasteiger partial charge in [0.1, 0.15) is 5.82 Å². The molecule has 16 heavy (non-hydrogen) atoms. The molecule has 0 bridgehead atoms. The third-order valence-corrected chi connectivity index (χ3v) is 3.30. The summed E-state index contributed by atoms with van der Waals surface area (Å²) in [5.41, 5.74) is 1.15. The molecule has 0 aliphatic carbocycles. The summed E-state index contributed by atoms with van der Waals surface area (Å²) in [7, 11) is 0. The molecule has 0 aliphatic heterocycles. The number of amides is 1. The zero-order chi connectivity index (χ0) is 11.5. The zero-order valence-corrected chi connectivity index (χ0v) is 10.4. The van der Waals surface area contributed by atoms with E-state index in [1.165, 1.54) is 29.5 Å². The Kier molecular flexibility index (Phi) is 3.36. The fourth-order valence-corrected chi connectivity index (χ4v) is 2.26. The zero-order valence-electron chi connectivity index (χ0n) is 8.04. The van der Waals surface area contributed by atoms with E-state index < -0.39 is 0 Å². The molecule has 0 spiro atoms. The molecule has 82 valence electrons. The van der Waals surface area contributed by atoms with E-state index in [0.29, 0.717) is 15.7 Å². The molecule has 2 nitrogen and oxygen atoms in total. The minimum atomic E-state index is -0.347. The summed E-state index contributed by atoms with van der Waals surface area (Å²) in [6.07, 6.45) is 0. The molecule has 5 heteroatoms. The van der Waals surface area contributed by atoms with E-state index in [2.05, 4.69) is 21.2 Å². The Morgan fingerprint density at radius 1 is 1.38 bits per heavy atom. The van der Waals surface area contributed by atoms with E-state index in [1.54, 1.807) is 11.4 Å². The molecule has 1 amide bonds. The van der Waals surface area contributed by atoms with Gasteiger partial charge in [-0.1, -0.05) is 0 Å². The van der Waals surface area contributed by atoms with Crippen LogP contribution in [0, 0.1) is 5.82 Å². The molecular weight excluding hydrogens is 293 g/mol. The van der Waals surface area contributed by atoms with Gasteiger partial charge in [-0.3, -0.25) is 4.79 Å². The fourth-order valence-electron chi connectivity index (χ4n) is 1.18. The standard InChI is InChI=1S/C11H7BrFNOS/c12-9-5-8(13)1-2-10(9)14-11(15)7-3-4-16-6-7/h1-6H,(H,14,15). The number of thiophene rings is 1. The summed E-state index contributed by atoms with van der Waals surface area (Å²) in [5.74, 6) is -0.547. The number of carbonyl (C=O) groups is 1. The second-order valence-corrected chi connectivity index (χ2v) is 4.72. The van der Waals surface area contributed by atoms with Gasteiger partial charge in [-0.05, 0) is 45.6 Å². The van der Waals surface area contributed by atoms with Gasteiger partial charge in [0.2, 0.25) is 0 Å². The van der Waals surface area contributed by atoms with Crippen LogP contribution in [-0.2, 0) is 0 Å². The van der Waals surface area contributed by atoms with Crippen molar-refractivity contribution in [2.45, 2.75) is 0 Å². The molecule has 1 aromatic carbocycles. The number of halogens is 2. The molecule has 1 heterocycles. The number of rotatable bonds is 2. The summed E-state index contributed by atoms with van der Waals surface area (Å²) in [6, 6.07) is 5.86. The van der Waals surface area contributed by atoms with Gasteiger partial charge in [-0.25, -0.2) is 4.39 Å². The highest BCUT2D eigenvalue weighted by atomic mass is 79.9. The number of hydrogen-bond acceptors (Lipinski definition) is 2. The Morgan fingerprint density at radius 2 is 2.19 bits per heavy atom. The quantitative estimate of drug-likeness (QED) is 0.895. The largest absolute Gasteiger partial charge is 0.321 e. The third kappa shape index (κ3) is 2.48. The number of benzene rings is 1. The summed E-state index contributed by atoms with van der Waals surface area (Å²) in [6.45, 7) is 0. The monoisotopic (exact) mass is 299 g/mol. The predicted octanol–water partition coefficient (Wildman–Crippen LogP) is 3.90. The van der Waals surface area contributed by atoms with E-state index in [4.69, 9.17) is 0 Å². The van der Waals surface area contributed by atoms with Crippen molar-refractivity contribution in [3.63, 3.8) is 0 Å². The van der Waals surface area contributed by atoms with E-state index in [1.807, 2.05) is 5.38 Å². The van der Waals surface area contributed by atoms with Crippen molar-refractivity contribution in [2.24, 2.45) is 0 Å². The van der Waals surface area contributed by atoms with Crippen LogP contribution in [0.4, 0.5) is 10.1 Å². The van der Waals surface area contributed by atoms with Gasteiger partial charge in [0, 0.05) is 9.85 Å². The average molecular weight is 300 g/mol. The normalized spacial score (nSPS) is 10.1. The lowest BCUT2D eigenvalue weighted by Gasteiger charge is -2.05. The molecule has 0 unspecified atom stereocenters. The van der Waals surface area contributed by atoms with Crippen LogP contribution in [0.1, 0.15) is 10.4 Å². The van der Waals surface area contributed by atoms with Gasteiger partial charge in [0.05, 0.1) is 11.3 Å². The van der Waals surface area contributed by atoms with Crippen LogP contribution in [0.2, 0.25) is 0 Å². The number of carbonyl (C=O) groups excluding carboxylic acids is 1. The van der Waals surface area contributed by atoms with Crippen molar-refractivity contribution in [1.82, 2.24) is 0 Å². The topological polar surface area (TPSA) is 29.1 Å². The van der Waals surface area contributed by atoms with Gasteiger partial charge in [0.15, 0.2) is 0 Å². The van der Waals surface area contributed by atoms with E-state index in [-0.39, 0.29) is 11.7 Å². The molecule has 2 rings (SSSR count). The van der Waals surface area contributed by atoms with E-state index >= 15 is 0 Å². The van der Waals surface area contributed by atoms with Crippen LogP contribution in [-0.4, -0.2) is 5.91 Å². The van der Waals surface area contributed by atoms with Crippen molar-refractivity contribution in [2.75, 3.05) is 5.32 Å². The predicted molar refractivity (Wildman–Crippen MR) is 66.4 cm³/mol. The highest BCUT2D eigenvalue weighted by Crippen LogP contribution is 2.23. The minimum Gasteiger partial charge on any atom is -0.321 e. The van der Waals surface area contributed by atoms with Crippen LogP contribution in [0.15, 0.2) is 39.5 Å². The SMILES string of the molecule is O=C(Nc1ccc(F)cc1Br)c1ccsc1. The minimum absolute atomic E-state index is 0.200. The highest BCUT2D eigenvalue weighted by molar-refractivity contribution is 9.10. The lowest BCUT2D eigenvalue weighted by atomic mass is 10.2. The maximum atomic E-state index is 12.8. The van der Waals surface area contributed by atoms with Gasteiger partial charge >= 0.3 is 0 Å². The highest BCUT2D eigenvalue weighted by Gasteiger charge is 2.08.